The van der Waals surface area contributed by atoms with Crippen LogP contribution in [0, 0.1) is 5.92 Å². The predicted molar refractivity (Wildman–Crippen MR) is 95.2 cm³/mol. The number of piperidine rings is 1. The van der Waals surface area contributed by atoms with E-state index in [1.54, 1.807) is 6.20 Å². The molecule has 0 aliphatic carbocycles. The van der Waals surface area contributed by atoms with Crippen LogP contribution in [0.25, 0.3) is 0 Å². The summed E-state index contributed by atoms with van der Waals surface area (Å²) in [6.07, 6.45) is 3.73. The van der Waals surface area contributed by atoms with Crippen LogP contribution >= 0.6 is 0 Å². The van der Waals surface area contributed by atoms with Crippen molar-refractivity contribution in [3.63, 3.8) is 0 Å². The summed E-state index contributed by atoms with van der Waals surface area (Å²) in [6.45, 7) is 3.40. The lowest BCUT2D eigenvalue weighted by Crippen LogP contribution is -2.40. The molecule has 24 heavy (non-hydrogen) atoms. The van der Waals surface area contributed by atoms with Crippen molar-refractivity contribution in [3.05, 3.63) is 59.8 Å². The van der Waals surface area contributed by atoms with Gasteiger partial charge in [0.25, 0.3) is 0 Å². The van der Waals surface area contributed by atoms with Gasteiger partial charge in [0, 0.05) is 25.8 Å². The van der Waals surface area contributed by atoms with E-state index in [0.29, 0.717) is 0 Å². The molecule has 3 rings (SSSR count). The second kappa shape index (κ2) is 7.93. The fourth-order valence-corrected chi connectivity index (χ4v) is 3.19. The van der Waals surface area contributed by atoms with Crippen LogP contribution in [-0.2, 0) is 17.9 Å². The number of carbonyl (C=O) groups excluding carboxylic acids is 1. The van der Waals surface area contributed by atoms with Gasteiger partial charge in [0.15, 0.2) is 0 Å². The van der Waals surface area contributed by atoms with E-state index in [1.165, 1.54) is 11.1 Å². The van der Waals surface area contributed by atoms with Crippen LogP contribution < -0.4 is 11.1 Å². The molecule has 3 N–H and O–H groups in total. The molecule has 1 aromatic carbocycles. The van der Waals surface area contributed by atoms with Crippen LogP contribution in [-0.4, -0.2) is 28.9 Å². The first-order chi connectivity index (χ1) is 11.7. The predicted octanol–water partition coefficient (Wildman–Crippen LogP) is 2.39. The third kappa shape index (κ3) is 4.55. The number of aromatic nitrogens is 1. The van der Waals surface area contributed by atoms with Crippen molar-refractivity contribution in [2.75, 3.05) is 18.4 Å². The molecule has 1 saturated heterocycles. The van der Waals surface area contributed by atoms with E-state index < -0.39 is 0 Å². The lowest BCUT2D eigenvalue weighted by Gasteiger charge is -2.31. The molecule has 1 aromatic heterocycles. The van der Waals surface area contributed by atoms with Gasteiger partial charge in [-0.2, -0.15) is 0 Å². The Morgan fingerprint density at radius 1 is 1.25 bits per heavy atom. The Balaban J connectivity index is 1.58. The quantitative estimate of drug-likeness (QED) is 0.856. The number of rotatable bonds is 6. The van der Waals surface area contributed by atoms with E-state index in [9.17, 15) is 4.79 Å². The van der Waals surface area contributed by atoms with Gasteiger partial charge in [0.2, 0.25) is 5.91 Å². The van der Waals surface area contributed by atoms with Crippen molar-refractivity contribution in [1.29, 1.82) is 0 Å². The van der Waals surface area contributed by atoms with E-state index in [-0.39, 0.29) is 11.8 Å². The van der Waals surface area contributed by atoms with Gasteiger partial charge in [-0.25, -0.2) is 4.98 Å². The zero-order valence-electron chi connectivity index (χ0n) is 13.8. The van der Waals surface area contributed by atoms with Crippen LogP contribution in [0.3, 0.4) is 0 Å². The van der Waals surface area contributed by atoms with Gasteiger partial charge in [0.1, 0.15) is 5.82 Å². The standard InChI is InChI=1S/C19H24N4O/c20-19(24)17-7-4-10-23(14-17)13-16-6-3-5-15(11-16)12-22-18-8-1-2-9-21-18/h1-3,5-6,8-9,11,17H,4,7,10,12-14H2,(H2,20,24)(H,21,22)/t17-/m0/s1. The number of primary amides is 1. The highest BCUT2D eigenvalue weighted by atomic mass is 16.1. The molecule has 2 heterocycles. The number of nitrogens with two attached hydrogens (primary N) is 1. The first-order valence-electron chi connectivity index (χ1n) is 8.45. The van der Waals surface area contributed by atoms with Gasteiger partial charge in [-0.3, -0.25) is 9.69 Å². The van der Waals surface area contributed by atoms with E-state index in [0.717, 1.165) is 44.8 Å². The molecule has 126 valence electrons. The van der Waals surface area contributed by atoms with Gasteiger partial charge in [-0.15, -0.1) is 0 Å². The summed E-state index contributed by atoms with van der Waals surface area (Å²) in [6, 6.07) is 14.4. The highest BCUT2D eigenvalue weighted by molar-refractivity contribution is 5.76. The number of carbonyl (C=O) groups is 1. The number of hydrogen-bond acceptors (Lipinski definition) is 4. The molecule has 5 nitrogen and oxygen atoms in total. The molecule has 5 heteroatoms. The average Bonchev–Trinajstić information content (AvgIpc) is 2.61. The molecule has 1 amide bonds. The van der Waals surface area contributed by atoms with Crippen LogP contribution in [0.2, 0.25) is 0 Å². The summed E-state index contributed by atoms with van der Waals surface area (Å²) in [5.74, 6) is 0.698. The third-order valence-electron chi connectivity index (χ3n) is 4.44. The summed E-state index contributed by atoms with van der Waals surface area (Å²) >= 11 is 0. The Morgan fingerprint density at radius 2 is 2.12 bits per heavy atom. The zero-order valence-corrected chi connectivity index (χ0v) is 13.8. The highest BCUT2D eigenvalue weighted by Crippen LogP contribution is 2.19. The summed E-state index contributed by atoms with van der Waals surface area (Å²) in [5.41, 5.74) is 7.95. The molecule has 0 bridgehead atoms. The number of hydrogen-bond donors (Lipinski definition) is 2. The fraction of sp³-hybridized carbons (Fsp3) is 0.368. The van der Waals surface area contributed by atoms with Crippen molar-refractivity contribution in [1.82, 2.24) is 9.88 Å². The van der Waals surface area contributed by atoms with Crippen LogP contribution in [0.15, 0.2) is 48.7 Å². The maximum absolute atomic E-state index is 11.4. The summed E-state index contributed by atoms with van der Waals surface area (Å²) in [4.78, 5) is 18.0. The number of pyridine rings is 1. The normalized spacial score (nSPS) is 18.2. The van der Waals surface area contributed by atoms with Crippen molar-refractivity contribution < 1.29 is 4.79 Å². The smallest absolute Gasteiger partial charge is 0.221 e. The maximum atomic E-state index is 11.4. The van der Waals surface area contributed by atoms with Gasteiger partial charge in [0.05, 0.1) is 5.92 Å². The minimum Gasteiger partial charge on any atom is -0.369 e. The molecular formula is C19H24N4O. The number of benzene rings is 1. The fourth-order valence-electron chi connectivity index (χ4n) is 3.19. The summed E-state index contributed by atoms with van der Waals surface area (Å²) < 4.78 is 0. The van der Waals surface area contributed by atoms with Crippen molar-refractivity contribution in [2.45, 2.75) is 25.9 Å². The zero-order chi connectivity index (χ0) is 16.8. The Labute approximate surface area is 142 Å². The van der Waals surface area contributed by atoms with Crippen molar-refractivity contribution in [2.24, 2.45) is 11.7 Å². The minimum absolute atomic E-state index is 0.00671. The molecule has 1 fully saturated rings. The van der Waals surface area contributed by atoms with E-state index >= 15 is 0 Å². The Morgan fingerprint density at radius 3 is 2.92 bits per heavy atom. The second-order valence-corrected chi connectivity index (χ2v) is 6.37. The molecule has 2 aromatic rings. The largest absolute Gasteiger partial charge is 0.369 e. The lowest BCUT2D eigenvalue weighted by atomic mass is 9.97. The minimum atomic E-state index is -0.173. The molecule has 0 unspecified atom stereocenters. The maximum Gasteiger partial charge on any atom is 0.221 e. The molecule has 1 aliphatic rings. The van der Waals surface area contributed by atoms with E-state index in [2.05, 4.69) is 39.5 Å². The molecule has 0 spiro atoms. The van der Waals surface area contributed by atoms with E-state index in [4.69, 9.17) is 5.73 Å². The number of likely N-dealkylation sites (tertiary alicyclic amines) is 1. The molecule has 1 atom stereocenters. The van der Waals surface area contributed by atoms with Gasteiger partial charge in [-0.1, -0.05) is 30.3 Å². The summed E-state index contributed by atoms with van der Waals surface area (Å²) in [5, 5.41) is 3.33. The molecule has 1 aliphatic heterocycles. The van der Waals surface area contributed by atoms with Gasteiger partial charge < -0.3 is 11.1 Å². The number of anilines is 1. The number of amides is 1. The first-order valence-corrected chi connectivity index (χ1v) is 8.45. The number of nitrogens with zero attached hydrogens (tertiary/aromatic N) is 2. The van der Waals surface area contributed by atoms with Crippen molar-refractivity contribution >= 4 is 11.7 Å². The van der Waals surface area contributed by atoms with E-state index in [1.807, 2.05) is 18.2 Å². The Bertz CT molecular complexity index is 674. The van der Waals surface area contributed by atoms with Crippen LogP contribution in [0.1, 0.15) is 24.0 Å². The number of nitrogens with one attached hydrogen (secondary N) is 1. The monoisotopic (exact) mass is 324 g/mol. The van der Waals surface area contributed by atoms with Gasteiger partial charge in [-0.05, 0) is 42.6 Å². The van der Waals surface area contributed by atoms with Gasteiger partial charge >= 0.3 is 0 Å². The summed E-state index contributed by atoms with van der Waals surface area (Å²) in [7, 11) is 0. The first kappa shape index (κ1) is 16.5. The van der Waals surface area contributed by atoms with Crippen molar-refractivity contribution in [3.8, 4) is 0 Å². The topological polar surface area (TPSA) is 71.2 Å². The Hall–Kier alpha value is -2.40. The molecule has 0 radical (unpaired) electrons. The lowest BCUT2D eigenvalue weighted by molar-refractivity contribution is -0.123. The molecule has 0 saturated carbocycles. The molecular weight excluding hydrogens is 300 g/mol. The van der Waals surface area contributed by atoms with Crippen LogP contribution in [0.5, 0.6) is 0 Å². The third-order valence-corrected chi connectivity index (χ3v) is 4.44. The second-order valence-electron chi connectivity index (χ2n) is 6.37. The van der Waals surface area contributed by atoms with Crippen LogP contribution in [0.4, 0.5) is 5.82 Å². The highest BCUT2D eigenvalue weighted by Gasteiger charge is 2.23. The average molecular weight is 324 g/mol. The Kier molecular flexibility index (Phi) is 5.43. The SMILES string of the molecule is NC(=O)[C@H]1CCCN(Cc2cccc(CNc3ccccn3)c2)C1.